The lowest BCUT2D eigenvalue weighted by atomic mass is 10.2. The van der Waals surface area contributed by atoms with Crippen molar-refractivity contribution in [3.63, 3.8) is 0 Å². The summed E-state index contributed by atoms with van der Waals surface area (Å²) in [6, 6.07) is 6.88. The normalized spacial score (nSPS) is 13.7. The van der Waals surface area contributed by atoms with E-state index in [1.807, 2.05) is 26.0 Å². The molecule has 1 N–H and O–H groups in total. The summed E-state index contributed by atoms with van der Waals surface area (Å²) in [5.74, 6) is 0. The van der Waals surface area contributed by atoms with E-state index in [0.717, 1.165) is 12.1 Å². The van der Waals surface area contributed by atoms with Crippen LogP contribution < -0.4 is 5.32 Å². The average molecular weight is 300 g/mol. The van der Waals surface area contributed by atoms with Gasteiger partial charge in [-0.25, -0.2) is 8.42 Å². The van der Waals surface area contributed by atoms with Gasteiger partial charge in [0.15, 0.2) is 0 Å². The molecule has 20 heavy (non-hydrogen) atoms. The van der Waals surface area contributed by atoms with Gasteiger partial charge in [0.25, 0.3) is 0 Å². The fraction of sp³-hybridized carbons (Fsp3) is 0.571. The lowest BCUT2D eigenvalue weighted by Gasteiger charge is -2.24. The van der Waals surface area contributed by atoms with Crippen molar-refractivity contribution in [2.45, 2.75) is 31.3 Å². The number of benzene rings is 1. The molecule has 0 saturated carbocycles. The van der Waals surface area contributed by atoms with Crippen LogP contribution in [0.1, 0.15) is 19.4 Å². The fourth-order valence-corrected chi connectivity index (χ4v) is 3.47. The minimum Gasteiger partial charge on any atom is -0.383 e. The Bertz CT molecular complexity index is 517. The van der Waals surface area contributed by atoms with Gasteiger partial charge >= 0.3 is 0 Å². The second-order valence-corrected chi connectivity index (χ2v) is 6.68. The van der Waals surface area contributed by atoms with E-state index in [0.29, 0.717) is 18.0 Å². The Morgan fingerprint density at radius 2 is 2.00 bits per heavy atom. The maximum Gasteiger partial charge on any atom is 0.243 e. The van der Waals surface area contributed by atoms with Crippen LogP contribution in [0.5, 0.6) is 0 Å². The molecule has 0 aliphatic rings. The minimum atomic E-state index is -3.51. The summed E-state index contributed by atoms with van der Waals surface area (Å²) in [5, 5.41) is 3.16. The van der Waals surface area contributed by atoms with Crippen LogP contribution in [0.2, 0.25) is 0 Å². The van der Waals surface area contributed by atoms with Crippen LogP contribution in [0.3, 0.4) is 0 Å². The molecular formula is C14H24N2O3S. The third-order valence-electron chi connectivity index (χ3n) is 3.22. The van der Waals surface area contributed by atoms with Gasteiger partial charge in [-0.15, -0.1) is 0 Å². The summed E-state index contributed by atoms with van der Waals surface area (Å²) in [7, 11) is -0.356. The molecule has 6 heteroatoms. The summed E-state index contributed by atoms with van der Waals surface area (Å²) in [6.07, 6.45) is 0. The summed E-state index contributed by atoms with van der Waals surface area (Å²) in [5.41, 5.74) is 0.783. The first kappa shape index (κ1) is 17.1. The van der Waals surface area contributed by atoms with Crippen molar-refractivity contribution in [3.8, 4) is 0 Å². The van der Waals surface area contributed by atoms with E-state index in [1.54, 1.807) is 26.3 Å². The number of nitrogens with zero attached hydrogens (tertiary/aromatic N) is 1. The van der Waals surface area contributed by atoms with Crippen molar-refractivity contribution in [2.24, 2.45) is 0 Å². The van der Waals surface area contributed by atoms with Gasteiger partial charge in [-0.3, -0.25) is 0 Å². The summed E-state index contributed by atoms with van der Waals surface area (Å²) in [4.78, 5) is 0.353. The molecule has 0 heterocycles. The zero-order valence-electron chi connectivity index (χ0n) is 12.6. The maximum absolute atomic E-state index is 12.7. The van der Waals surface area contributed by atoms with Crippen LogP contribution in [-0.2, 0) is 21.3 Å². The van der Waals surface area contributed by atoms with E-state index in [1.165, 1.54) is 4.31 Å². The molecule has 0 aliphatic carbocycles. The van der Waals surface area contributed by atoms with Crippen LogP contribution in [0.4, 0.5) is 0 Å². The van der Waals surface area contributed by atoms with E-state index < -0.39 is 10.0 Å². The molecule has 1 rings (SSSR count). The maximum atomic E-state index is 12.7. The van der Waals surface area contributed by atoms with E-state index >= 15 is 0 Å². The predicted octanol–water partition coefficient (Wildman–Crippen LogP) is 1.45. The quantitative estimate of drug-likeness (QED) is 0.789. The molecule has 0 saturated heterocycles. The van der Waals surface area contributed by atoms with Crippen molar-refractivity contribution in [2.75, 3.05) is 27.3 Å². The van der Waals surface area contributed by atoms with E-state index in [9.17, 15) is 8.42 Å². The van der Waals surface area contributed by atoms with Gasteiger partial charge < -0.3 is 10.1 Å². The first-order chi connectivity index (χ1) is 9.45. The molecule has 0 spiro atoms. The molecule has 5 nitrogen and oxygen atoms in total. The van der Waals surface area contributed by atoms with E-state index in [2.05, 4.69) is 5.32 Å². The highest BCUT2D eigenvalue weighted by Gasteiger charge is 2.27. The SMILES string of the molecule is CCNCc1ccccc1S(=O)(=O)N(C)C(C)COC. The Hall–Kier alpha value is -0.950. The number of sulfonamides is 1. The smallest absolute Gasteiger partial charge is 0.243 e. The second-order valence-electron chi connectivity index (χ2n) is 4.71. The number of ether oxygens (including phenoxy) is 1. The molecule has 0 amide bonds. The Morgan fingerprint density at radius 1 is 1.35 bits per heavy atom. The minimum absolute atomic E-state index is 0.211. The Morgan fingerprint density at radius 3 is 2.60 bits per heavy atom. The predicted molar refractivity (Wildman–Crippen MR) is 80.1 cm³/mol. The first-order valence-corrected chi connectivity index (χ1v) is 8.14. The molecule has 1 unspecified atom stereocenters. The van der Waals surface area contributed by atoms with Crippen molar-refractivity contribution in [1.82, 2.24) is 9.62 Å². The van der Waals surface area contributed by atoms with Crippen molar-refractivity contribution in [3.05, 3.63) is 29.8 Å². The van der Waals surface area contributed by atoms with Crippen molar-refractivity contribution in [1.29, 1.82) is 0 Å². The Kier molecular flexibility index (Phi) is 6.61. The number of hydrogen-bond donors (Lipinski definition) is 1. The number of methoxy groups -OCH3 is 1. The molecular weight excluding hydrogens is 276 g/mol. The fourth-order valence-electron chi connectivity index (χ4n) is 1.90. The van der Waals surface area contributed by atoms with Gasteiger partial charge in [-0.05, 0) is 25.1 Å². The average Bonchev–Trinajstić information content (AvgIpc) is 2.44. The molecule has 0 fully saturated rings. The molecule has 0 aromatic heterocycles. The molecule has 1 aromatic carbocycles. The van der Waals surface area contributed by atoms with Crippen LogP contribution in [-0.4, -0.2) is 46.1 Å². The number of nitrogens with one attached hydrogen (secondary N) is 1. The molecule has 0 bridgehead atoms. The van der Waals surface area contributed by atoms with Gasteiger partial charge in [-0.1, -0.05) is 25.1 Å². The summed E-state index contributed by atoms with van der Waals surface area (Å²) in [6.45, 7) is 5.52. The van der Waals surface area contributed by atoms with Crippen molar-refractivity contribution >= 4 is 10.0 Å². The lowest BCUT2D eigenvalue weighted by Crippen LogP contribution is -2.38. The van der Waals surface area contributed by atoms with Gasteiger partial charge in [0.05, 0.1) is 11.5 Å². The van der Waals surface area contributed by atoms with Gasteiger partial charge in [0, 0.05) is 26.7 Å². The third kappa shape index (κ3) is 4.02. The standard InChI is InChI=1S/C14H24N2O3S/c1-5-15-10-13-8-6-7-9-14(13)20(17,18)16(3)12(2)11-19-4/h6-9,12,15H,5,10-11H2,1-4H3. The van der Waals surface area contributed by atoms with Crippen LogP contribution in [0, 0.1) is 0 Å². The molecule has 1 aromatic rings. The zero-order valence-corrected chi connectivity index (χ0v) is 13.4. The number of rotatable bonds is 8. The second kappa shape index (κ2) is 7.73. The molecule has 114 valence electrons. The Balaban J connectivity index is 3.08. The first-order valence-electron chi connectivity index (χ1n) is 6.70. The largest absolute Gasteiger partial charge is 0.383 e. The highest BCUT2D eigenvalue weighted by molar-refractivity contribution is 7.89. The Labute approximate surface area is 122 Å². The lowest BCUT2D eigenvalue weighted by molar-refractivity contribution is 0.149. The monoisotopic (exact) mass is 300 g/mol. The third-order valence-corrected chi connectivity index (χ3v) is 5.30. The van der Waals surface area contributed by atoms with E-state index in [4.69, 9.17) is 4.74 Å². The number of likely N-dealkylation sites (N-methyl/N-ethyl adjacent to an activating group) is 1. The molecule has 0 aliphatic heterocycles. The van der Waals surface area contributed by atoms with Gasteiger partial charge in [-0.2, -0.15) is 4.31 Å². The van der Waals surface area contributed by atoms with Crippen LogP contribution in [0.15, 0.2) is 29.2 Å². The number of hydrogen-bond acceptors (Lipinski definition) is 4. The molecule has 0 radical (unpaired) electrons. The van der Waals surface area contributed by atoms with Crippen LogP contribution >= 0.6 is 0 Å². The van der Waals surface area contributed by atoms with Gasteiger partial charge in [0.2, 0.25) is 10.0 Å². The van der Waals surface area contributed by atoms with Crippen molar-refractivity contribution < 1.29 is 13.2 Å². The molecule has 1 atom stereocenters. The topological polar surface area (TPSA) is 58.6 Å². The van der Waals surface area contributed by atoms with Gasteiger partial charge in [0.1, 0.15) is 0 Å². The van der Waals surface area contributed by atoms with E-state index in [-0.39, 0.29) is 6.04 Å². The summed E-state index contributed by atoms with van der Waals surface area (Å²) < 4.78 is 31.7. The zero-order chi connectivity index (χ0) is 15.2. The highest BCUT2D eigenvalue weighted by atomic mass is 32.2. The highest BCUT2D eigenvalue weighted by Crippen LogP contribution is 2.21. The summed E-state index contributed by atoms with van der Waals surface area (Å²) >= 11 is 0. The van der Waals surface area contributed by atoms with Crippen LogP contribution in [0.25, 0.3) is 0 Å².